The van der Waals surface area contributed by atoms with Gasteiger partial charge in [0.15, 0.2) is 5.82 Å². The van der Waals surface area contributed by atoms with E-state index in [0.717, 1.165) is 23.1 Å². The number of rotatable bonds is 7. The van der Waals surface area contributed by atoms with Gasteiger partial charge in [0, 0.05) is 29.2 Å². The summed E-state index contributed by atoms with van der Waals surface area (Å²) in [4.78, 5) is 15.5. The van der Waals surface area contributed by atoms with Crippen LogP contribution >= 0.6 is 11.8 Å². The number of carbonyl (C=O) groups excluding carboxylic acids is 1. The highest BCUT2D eigenvalue weighted by Gasteiger charge is 2.15. The summed E-state index contributed by atoms with van der Waals surface area (Å²) in [5.41, 5.74) is 4.30. The van der Waals surface area contributed by atoms with E-state index in [1.54, 1.807) is 0 Å². The van der Waals surface area contributed by atoms with Gasteiger partial charge in [0.1, 0.15) is 0 Å². The molecule has 29 heavy (non-hydrogen) atoms. The average molecular weight is 407 g/mol. The zero-order valence-corrected chi connectivity index (χ0v) is 16.9. The highest BCUT2D eigenvalue weighted by atomic mass is 32.2. The van der Waals surface area contributed by atoms with Crippen molar-refractivity contribution in [2.24, 2.45) is 0 Å². The number of thioether (sulfide) groups is 1. The van der Waals surface area contributed by atoms with Crippen LogP contribution in [0.4, 0.5) is 0 Å². The normalized spacial score (nSPS) is 11.1. The Morgan fingerprint density at radius 2 is 1.97 bits per heavy atom. The van der Waals surface area contributed by atoms with Gasteiger partial charge in [-0.05, 0) is 30.5 Å². The standard InChI is InChI=1S/C21H22N6OS/c1-14-6-2-3-7-16(14)20-25-26-21(27(20)22)29-13-19(28)23-11-10-15-12-24-18-9-5-4-8-17(15)18/h2-9,12,24H,10-11,13,22H2,1H3,(H,23,28). The van der Waals surface area contributed by atoms with E-state index < -0.39 is 0 Å². The lowest BCUT2D eigenvalue weighted by molar-refractivity contribution is -0.118. The predicted molar refractivity (Wildman–Crippen MR) is 116 cm³/mol. The van der Waals surface area contributed by atoms with Crippen molar-refractivity contribution in [2.75, 3.05) is 18.1 Å². The van der Waals surface area contributed by atoms with Crippen molar-refractivity contribution in [1.82, 2.24) is 25.2 Å². The maximum Gasteiger partial charge on any atom is 0.230 e. The molecular weight excluding hydrogens is 384 g/mol. The van der Waals surface area contributed by atoms with E-state index >= 15 is 0 Å². The first kappa shape index (κ1) is 19.1. The topological polar surface area (TPSA) is 102 Å². The molecule has 0 radical (unpaired) electrons. The number of nitrogens with one attached hydrogen (secondary N) is 2. The van der Waals surface area contributed by atoms with Gasteiger partial charge in [0.05, 0.1) is 5.75 Å². The molecule has 0 saturated heterocycles. The monoisotopic (exact) mass is 406 g/mol. The van der Waals surface area contributed by atoms with Crippen molar-refractivity contribution in [3.05, 3.63) is 65.9 Å². The Kier molecular flexibility index (Phi) is 5.53. The second kappa shape index (κ2) is 8.40. The molecule has 0 atom stereocenters. The Morgan fingerprint density at radius 1 is 1.17 bits per heavy atom. The quantitative estimate of drug-likeness (QED) is 0.324. The van der Waals surface area contributed by atoms with E-state index in [2.05, 4.69) is 26.6 Å². The molecule has 2 aromatic heterocycles. The molecular formula is C21H22N6OS. The zero-order valence-electron chi connectivity index (χ0n) is 16.1. The number of H-pyrrole nitrogens is 1. The van der Waals surface area contributed by atoms with E-state index in [-0.39, 0.29) is 11.7 Å². The Bertz CT molecular complexity index is 1150. The van der Waals surface area contributed by atoms with Gasteiger partial charge >= 0.3 is 0 Å². The second-order valence-corrected chi connectivity index (χ2v) is 7.68. The summed E-state index contributed by atoms with van der Waals surface area (Å²) in [5.74, 6) is 6.90. The number of nitrogens with two attached hydrogens (primary N) is 1. The molecule has 0 spiro atoms. The van der Waals surface area contributed by atoms with Gasteiger partial charge in [-0.3, -0.25) is 4.79 Å². The minimum absolute atomic E-state index is 0.0599. The fraction of sp³-hybridized carbons (Fsp3) is 0.190. The first-order chi connectivity index (χ1) is 14.1. The first-order valence-corrected chi connectivity index (χ1v) is 10.3. The summed E-state index contributed by atoms with van der Waals surface area (Å²) in [5, 5.41) is 13.0. The van der Waals surface area contributed by atoms with Crippen LogP contribution < -0.4 is 11.2 Å². The van der Waals surface area contributed by atoms with Crippen LogP contribution in [0.3, 0.4) is 0 Å². The fourth-order valence-electron chi connectivity index (χ4n) is 3.24. The number of amides is 1. The molecule has 0 aliphatic heterocycles. The molecule has 0 aliphatic rings. The molecule has 8 heteroatoms. The Hall–Kier alpha value is -3.26. The van der Waals surface area contributed by atoms with Crippen LogP contribution in [0.1, 0.15) is 11.1 Å². The number of hydrogen-bond acceptors (Lipinski definition) is 5. The van der Waals surface area contributed by atoms with E-state index in [4.69, 9.17) is 5.84 Å². The molecule has 4 N–H and O–H groups in total. The Morgan fingerprint density at radius 3 is 2.83 bits per heavy atom. The lowest BCUT2D eigenvalue weighted by atomic mass is 10.1. The van der Waals surface area contributed by atoms with Crippen LogP contribution in [0.5, 0.6) is 0 Å². The molecule has 0 saturated carbocycles. The Labute approximate surface area is 172 Å². The van der Waals surface area contributed by atoms with E-state index in [1.807, 2.05) is 55.6 Å². The molecule has 2 heterocycles. The van der Waals surface area contributed by atoms with E-state index in [0.29, 0.717) is 17.5 Å². The lowest BCUT2D eigenvalue weighted by Gasteiger charge is -2.06. The number of para-hydroxylation sites is 1. The van der Waals surface area contributed by atoms with Crippen molar-refractivity contribution < 1.29 is 4.79 Å². The number of benzene rings is 2. The predicted octanol–water partition coefficient (Wildman–Crippen LogP) is 2.90. The SMILES string of the molecule is Cc1ccccc1-c1nnc(SCC(=O)NCCc2c[nH]c3ccccc23)n1N. The van der Waals surface area contributed by atoms with Crippen LogP contribution in [0.2, 0.25) is 0 Å². The molecule has 0 aliphatic carbocycles. The number of fused-ring (bicyclic) bond motifs is 1. The molecule has 4 aromatic rings. The summed E-state index contributed by atoms with van der Waals surface area (Å²) in [6, 6.07) is 16.0. The number of carbonyl (C=O) groups is 1. The highest BCUT2D eigenvalue weighted by molar-refractivity contribution is 7.99. The minimum atomic E-state index is -0.0599. The van der Waals surface area contributed by atoms with Crippen LogP contribution in [-0.2, 0) is 11.2 Å². The number of aromatic nitrogens is 4. The number of aromatic amines is 1. The second-order valence-electron chi connectivity index (χ2n) is 6.74. The summed E-state index contributed by atoms with van der Waals surface area (Å²) >= 11 is 1.27. The van der Waals surface area contributed by atoms with Gasteiger partial charge in [-0.25, -0.2) is 4.68 Å². The maximum atomic E-state index is 12.2. The largest absolute Gasteiger partial charge is 0.361 e. The molecule has 4 rings (SSSR count). The summed E-state index contributed by atoms with van der Waals surface area (Å²) in [6.45, 7) is 2.57. The minimum Gasteiger partial charge on any atom is -0.361 e. The lowest BCUT2D eigenvalue weighted by Crippen LogP contribution is -2.27. The number of nitrogens with zero attached hydrogens (tertiary/aromatic N) is 3. The molecule has 1 amide bonds. The summed E-state index contributed by atoms with van der Waals surface area (Å²) in [7, 11) is 0. The van der Waals surface area contributed by atoms with Gasteiger partial charge < -0.3 is 16.1 Å². The van der Waals surface area contributed by atoms with Crippen molar-refractivity contribution in [3.8, 4) is 11.4 Å². The van der Waals surface area contributed by atoms with Gasteiger partial charge in [0.2, 0.25) is 11.1 Å². The van der Waals surface area contributed by atoms with Gasteiger partial charge in [0.25, 0.3) is 0 Å². The highest BCUT2D eigenvalue weighted by Crippen LogP contribution is 2.24. The van der Waals surface area contributed by atoms with Crippen molar-refractivity contribution in [2.45, 2.75) is 18.5 Å². The number of nitrogen functional groups attached to an aromatic ring is 1. The Balaban J connectivity index is 1.30. The summed E-state index contributed by atoms with van der Waals surface area (Å²) < 4.78 is 1.44. The molecule has 7 nitrogen and oxygen atoms in total. The fourth-order valence-corrected chi connectivity index (χ4v) is 3.93. The maximum absolute atomic E-state index is 12.2. The van der Waals surface area contributed by atoms with Crippen LogP contribution in [0.25, 0.3) is 22.3 Å². The van der Waals surface area contributed by atoms with Crippen molar-refractivity contribution in [3.63, 3.8) is 0 Å². The van der Waals surface area contributed by atoms with Gasteiger partial charge in [-0.2, -0.15) is 0 Å². The third kappa shape index (κ3) is 4.12. The summed E-state index contributed by atoms with van der Waals surface area (Å²) in [6.07, 6.45) is 2.76. The molecule has 0 unspecified atom stereocenters. The number of hydrogen-bond donors (Lipinski definition) is 3. The van der Waals surface area contributed by atoms with Crippen molar-refractivity contribution in [1.29, 1.82) is 0 Å². The smallest absolute Gasteiger partial charge is 0.230 e. The van der Waals surface area contributed by atoms with Crippen LogP contribution in [0, 0.1) is 6.92 Å². The van der Waals surface area contributed by atoms with Crippen LogP contribution in [-0.4, -0.2) is 38.1 Å². The van der Waals surface area contributed by atoms with E-state index in [9.17, 15) is 4.79 Å². The average Bonchev–Trinajstić information content (AvgIpc) is 3.31. The van der Waals surface area contributed by atoms with Crippen LogP contribution in [0.15, 0.2) is 59.9 Å². The number of aryl methyl sites for hydroxylation is 1. The third-order valence-electron chi connectivity index (χ3n) is 4.77. The zero-order chi connectivity index (χ0) is 20.2. The van der Waals surface area contributed by atoms with E-state index in [1.165, 1.54) is 27.4 Å². The van der Waals surface area contributed by atoms with Crippen molar-refractivity contribution >= 4 is 28.6 Å². The van der Waals surface area contributed by atoms with Gasteiger partial charge in [-0.15, -0.1) is 10.2 Å². The molecule has 0 bridgehead atoms. The third-order valence-corrected chi connectivity index (χ3v) is 5.72. The molecule has 148 valence electrons. The van der Waals surface area contributed by atoms with Gasteiger partial charge in [-0.1, -0.05) is 54.2 Å². The molecule has 0 fully saturated rings. The first-order valence-electron chi connectivity index (χ1n) is 9.34. The molecule has 2 aromatic carbocycles.